The molecule has 2 aliphatic rings. The van der Waals surface area contributed by atoms with E-state index in [4.69, 9.17) is 111 Å². The van der Waals surface area contributed by atoms with Crippen molar-refractivity contribution in [3.63, 3.8) is 0 Å². The van der Waals surface area contributed by atoms with Crippen LogP contribution < -0.4 is 40.3 Å². The van der Waals surface area contributed by atoms with E-state index in [-0.39, 0.29) is 151 Å². The molecule has 0 amide bonds. The molecule has 2 radical (unpaired) electrons. The first kappa shape index (κ1) is 88.8. The van der Waals surface area contributed by atoms with E-state index in [2.05, 4.69) is 20.6 Å². The maximum Gasteiger partial charge on any atom is 3.00 e. The normalized spacial score (nSPS) is 13.2. The number of hydrogen-bond donors (Lipinski definition) is 4. The summed E-state index contributed by atoms with van der Waals surface area (Å²) in [5, 5.41) is 121. The van der Waals surface area contributed by atoms with Crippen molar-refractivity contribution < 1.29 is 160 Å². The standard InChI is InChI=1S/2C30H28N2O4.6NO3.2Sm/c2*1-35-25-17-9-15-23(29(25)33)19-31-27(21-11-5-3-6-12-21)28(22-13-7-4-8-14-22)32-20-24-16-10-18-26(36-2)30(24)34;6*2-1(3)4;;/h3-20,27-28,33-34H,1-2H3;3-20,27-28,31-32H,1-2H3;;;;;;;;/q;;6*-1;2*+3/b;23-19-,24-20-;;;;;;;;/t2*27-,28-;;;;;;;;/m00......../s1. The van der Waals surface area contributed by atoms with Crippen LogP contribution in [-0.2, 0) is 19.1 Å². The molecular weight excluding hydrogens is 1580 g/mol. The van der Waals surface area contributed by atoms with E-state index < -0.39 is 30.5 Å². The number of rotatable bonds is 18. The molecule has 2 aliphatic carbocycles. The average Bonchev–Trinajstić information content (AvgIpc) is 0.869. The van der Waals surface area contributed by atoms with Crippen LogP contribution in [0.1, 0.15) is 57.5 Å². The number of Topliss-reactive ketones (excluding diaryl/α,β-unsaturated/α-hetero) is 2. The van der Waals surface area contributed by atoms with Crippen LogP contribution in [0.4, 0.5) is 0 Å². The summed E-state index contributed by atoms with van der Waals surface area (Å²) < 4.78 is 20.8. The Hall–Kier alpha value is -11.3. The van der Waals surface area contributed by atoms with Gasteiger partial charge in [-0.05, 0) is 59.7 Å². The van der Waals surface area contributed by atoms with Gasteiger partial charge in [-0.2, -0.15) is 0 Å². The molecule has 8 rings (SSSR count). The maximum atomic E-state index is 12.7. The van der Waals surface area contributed by atoms with Crippen LogP contribution in [0, 0.1) is 173 Å². The van der Waals surface area contributed by atoms with Crippen LogP contribution in [0.5, 0.6) is 23.0 Å². The summed E-state index contributed by atoms with van der Waals surface area (Å²) in [5.41, 5.74) is 5.97. The minimum absolute atomic E-state index is 0. The van der Waals surface area contributed by atoms with Gasteiger partial charge in [-0.1, -0.05) is 157 Å². The predicted molar refractivity (Wildman–Crippen MR) is 337 cm³/mol. The van der Waals surface area contributed by atoms with Crippen molar-refractivity contribution in [2.75, 3.05) is 28.4 Å². The van der Waals surface area contributed by atoms with Gasteiger partial charge in [0.15, 0.2) is 23.9 Å². The number of methoxy groups -OCH3 is 4. The number of para-hydroxylation sites is 2. The average molecular weight is 1630 g/mol. The fourth-order valence-corrected chi connectivity index (χ4v) is 8.13. The first-order chi connectivity index (χ1) is 45.6. The SMILES string of the molecule is COC1=CC=C/C(=C/N[C@@H](c2ccccc2)[C@@H](N/C=C2/C=CC=C(OC)C2=O)c2ccccc2)C1=O.COc1cccc(C=[NH+][C@@H](c2ccccc2)[C@@H]([NH+]=Cc2cccc(OC)c2[O-])c2ccccc2)c1[O-].O=[N+]([O-])[O-].O=[N+]([O-])[O-].O=[N+]([O-])[O-].O=[N+]([O-])[O-].O=[N+]([O-])[O-].O=[N+]([O-])[O-].[Sm+3].[Sm+3]. The fraction of sp³-hybridized carbons (Fsp3) is 0.133. The first-order valence-electron chi connectivity index (χ1n) is 26.5. The van der Waals surface area contributed by atoms with E-state index in [0.717, 1.165) is 22.3 Å². The van der Waals surface area contributed by atoms with Crippen molar-refractivity contribution in [1.82, 2.24) is 10.6 Å². The molecule has 0 fully saturated rings. The molecule has 0 aromatic heterocycles. The van der Waals surface area contributed by atoms with Crippen molar-refractivity contribution in [2.45, 2.75) is 24.2 Å². The third-order valence-corrected chi connectivity index (χ3v) is 11.9. The summed E-state index contributed by atoms with van der Waals surface area (Å²) in [6, 6.07) is 49.0. The Morgan fingerprint density at radius 3 is 0.878 bits per heavy atom. The minimum atomic E-state index is -1.75. The van der Waals surface area contributed by atoms with E-state index >= 15 is 0 Å². The second kappa shape index (κ2) is 50.2. The number of hydrogen-bond acceptors (Lipinski definition) is 28. The van der Waals surface area contributed by atoms with Gasteiger partial charge in [-0.3, -0.25) is 9.59 Å². The Bertz CT molecular complexity index is 3430. The topological polar surface area (TPSA) is 566 Å². The van der Waals surface area contributed by atoms with Crippen LogP contribution >= 0.6 is 0 Å². The van der Waals surface area contributed by atoms with Gasteiger partial charge in [-0.15, -0.1) is 0 Å². The zero-order valence-electron chi connectivity index (χ0n) is 51.2. The Morgan fingerprint density at radius 2 is 0.633 bits per heavy atom. The molecule has 0 heterocycles. The van der Waals surface area contributed by atoms with Crippen LogP contribution in [0.2, 0.25) is 0 Å². The molecule has 0 spiro atoms. The van der Waals surface area contributed by atoms with E-state index in [9.17, 15) is 19.8 Å². The van der Waals surface area contributed by atoms with Crippen molar-refractivity contribution in [3.05, 3.63) is 355 Å². The maximum absolute atomic E-state index is 12.7. The number of nitrogens with one attached hydrogen (secondary N) is 4. The van der Waals surface area contributed by atoms with E-state index in [1.54, 1.807) is 97.7 Å². The van der Waals surface area contributed by atoms with Crippen LogP contribution in [0.25, 0.3) is 0 Å². The summed E-state index contributed by atoms with van der Waals surface area (Å²) in [6.07, 6.45) is 17.2. The molecule has 38 heteroatoms. The molecular formula is C60H56N10O26Sm2. The summed E-state index contributed by atoms with van der Waals surface area (Å²) in [6.45, 7) is 0. The monoisotopic (exact) mass is 1640 g/mol. The van der Waals surface area contributed by atoms with E-state index in [1.807, 2.05) is 121 Å². The molecule has 6 aromatic carbocycles. The predicted octanol–water partition coefficient (Wildman–Crippen LogP) is 4.35. The fourth-order valence-electron chi connectivity index (χ4n) is 8.13. The molecule has 0 aliphatic heterocycles. The number of nitrogens with zero attached hydrogens (tertiary/aromatic N) is 6. The van der Waals surface area contributed by atoms with Crippen molar-refractivity contribution in [2.24, 2.45) is 0 Å². The molecule has 6 aromatic rings. The molecule has 98 heavy (non-hydrogen) atoms. The number of ketones is 2. The summed E-state index contributed by atoms with van der Waals surface area (Å²) in [7, 11) is 5.92. The van der Waals surface area contributed by atoms with Gasteiger partial charge in [0.05, 0.1) is 71.0 Å². The summed E-state index contributed by atoms with van der Waals surface area (Å²) >= 11 is 0. The molecule has 36 nitrogen and oxygen atoms in total. The number of allylic oxidation sites excluding steroid dienone is 8. The Balaban J connectivity index is 0. The number of ether oxygens (including phenoxy) is 4. The van der Waals surface area contributed by atoms with Gasteiger partial charge >= 0.3 is 80.8 Å². The second-order valence-corrected chi connectivity index (χ2v) is 17.7. The van der Waals surface area contributed by atoms with Gasteiger partial charge in [0.1, 0.15) is 11.5 Å². The molecule has 0 unspecified atom stereocenters. The molecule has 0 bridgehead atoms. The Kier molecular flexibility index (Phi) is 45.5. The van der Waals surface area contributed by atoms with Crippen molar-refractivity contribution in [1.29, 1.82) is 0 Å². The minimum Gasteiger partial charge on any atom is -0.869 e. The third kappa shape index (κ3) is 35.8. The van der Waals surface area contributed by atoms with Crippen LogP contribution in [-0.4, -0.2) is 83.0 Å². The van der Waals surface area contributed by atoms with Gasteiger partial charge < -0.3 is 132 Å². The van der Waals surface area contributed by atoms with Crippen molar-refractivity contribution >= 4 is 24.0 Å². The number of carbonyl (C=O) groups is 2. The molecule has 0 saturated carbocycles. The quantitative estimate of drug-likeness (QED) is 0.0402. The molecule has 4 atom stereocenters. The molecule has 514 valence electrons. The van der Waals surface area contributed by atoms with Crippen LogP contribution in [0.3, 0.4) is 0 Å². The smallest absolute Gasteiger partial charge is 0.869 e. The largest absolute Gasteiger partial charge is 3.00 e. The molecule has 4 N–H and O–H groups in total. The van der Waals surface area contributed by atoms with E-state index in [1.165, 1.54) is 28.4 Å². The first-order valence-corrected chi connectivity index (χ1v) is 26.5. The summed E-state index contributed by atoms with van der Waals surface area (Å²) in [4.78, 5) is 81.9. The number of carbonyl (C=O) groups excluding carboxylic acids is 2. The van der Waals surface area contributed by atoms with E-state index in [0.29, 0.717) is 22.3 Å². The Morgan fingerprint density at radius 1 is 0.378 bits per heavy atom. The zero-order valence-corrected chi connectivity index (χ0v) is 56.4. The Labute approximate surface area is 619 Å². The van der Waals surface area contributed by atoms with Gasteiger partial charge in [0.2, 0.25) is 23.7 Å². The van der Waals surface area contributed by atoms with Gasteiger partial charge in [-0.25, -0.2) is 9.98 Å². The second-order valence-electron chi connectivity index (χ2n) is 17.7. The van der Waals surface area contributed by atoms with Gasteiger partial charge in [0, 0.05) is 45.8 Å². The molecule has 0 saturated heterocycles. The third-order valence-electron chi connectivity index (χ3n) is 11.9. The van der Waals surface area contributed by atoms with Crippen molar-refractivity contribution in [3.8, 4) is 23.0 Å². The zero-order chi connectivity index (χ0) is 72.1. The van der Waals surface area contributed by atoms with Gasteiger partial charge in [0.25, 0.3) is 0 Å². The van der Waals surface area contributed by atoms with Crippen LogP contribution in [0.15, 0.2) is 229 Å². The number of benzene rings is 6. The summed E-state index contributed by atoms with van der Waals surface area (Å²) in [5.74, 6) is 0.375.